The highest BCUT2D eigenvalue weighted by molar-refractivity contribution is 7.14. The van der Waals surface area contributed by atoms with Crippen molar-refractivity contribution in [3.63, 3.8) is 0 Å². The number of hydrogen-bond donors (Lipinski definition) is 0. The van der Waals surface area contributed by atoms with Crippen molar-refractivity contribution in [1.82, 2.24) is 4.98 Å². The molecule has 1 aliphatic rings. The van der Waals surface area contributed by atoms with Crippen LogP contribution in [-0.4, -0.2) is 17.0 Å². The lowest BCUT2D eigenvalue weighted by Gasteiger charge is -2.23. The zero-order chi connectivity index (χ0) is 16.5. The molecule has 1 atom stereocenters. The van der Waals surface area contributed by atoms with Gasteiger partial charge in [0.2, 0.25) is 0 Å². The average molecular weight is 336 g/mol. The summed E-state index contributed by atoms with van der Waals surface area (Å²) >= 11 is 1.46. The van der Waals surface area contributed by atoms with Gasteiger partial charge in [-0.3, -0.25) is 9.69 Å². The molecule has 0 aliphatic carbocycles. The second-order valence-corrected chi connectivity index (χ2v) is 6.54. The smallest absolute Gasteiger partial charge is 0.274 e. The standard InChI is InChI=1S/C19H16N2O2S/c1-13-12-24-19(20-13)21(15-8-3-2-4-9-15)18(22)17-11-14-7-5-6-10-16(14)23-17/h2-10,12,17H,11H2,1H3/t17-/m1/s1. The fourth-order valence-corrected chi connectivity index (χ4v) is 3.64. The number of fused-ring (bicyclic) bond motifs is 1. The summed E-state index contributed by atoms with van der Waals surface area (Å²) in [7, 11) is 0. The number of para-hydroxylation sites is 2. The summed E-state index contributed by atoms with van der Waals surface area (Å²) in [6.07, 6.45) is 0.0645. The molecule has 24 heavy (non-hydrogen) atoms. The average Bonchev–Trinajstić information content (AvgIpc) is 3.22. The third-order valence-electron chi connectivity index (χ3n) is 3.96. The summed E-state index contributed by atoms with van der Waals surface area (Å²) in [6.45, 7) is 1.93. The van der Waals surface area contributed by atoms with Gasteiger partial charge in [-0.15, -0.1) is 11.3 Å². The second kappa shape index (κ2) is 6.09. The molecule has 1 aromatic heterocycles. The summed E-state index contributed by atoms with van der Waals surface area (Å²) < 4.78 is 5.89. The fraction of sp³-hybridized carbons (Fsp3) is 0.158. The van der Waals surface area contributed by atoms with E-state index in [0.717, 1.165) is 22.7 Å². The molecule has 3 aromatic rings. The van der Waals surface area contributed by atoms with Gasteiger partial charge >= 0.3 is 0 Å². The zero-order valence-electron chi connectivity index (χ0n) is 13.2. The number of aromatic nitrogens is 1. The zero-order valence-corrected chi connectivity index (χ0v) is 14.0. The summed E-state index contributed by atoms with van der Waals surface area (Å²) in [4.78, 5) is 19.3. The van der Waals surface area contributed by atoms with Crippen molar-refractivity contribution in [2.45, 2.75) is 19.4 Å². The van der Waals surface area contributed by atoms with Crippen LogP contribution in [0.25, 0.3) is 0 Å². The highest BCUT2D eigenvalue weighted by atomic mass is 32.1. The van der Waals surface area contributed by atoms with Crippen molar-refractivity contribution in [2.24, 2.45) is 0 Å². The van der Waals surface area contributed by atoms with Gasteiger partial charge in [0.25, 0.3) is 5.91 Å². The molecule has 2 heterocycles. The Morgan fingerprint density at radius 3 is 2.62 bits per heavy atom. The fourth-order valence-electron chi connectivity index (χ4n) is 2.82. The van der Waals surface area contributed by atoms with Gasteiger partial charge in [-0.2, -0.15) is 0 Å². The van der Waals surface area contributed by atoms with E-state index in [1.165, 1.54) is 11.3 Å². The number of nitrogens with zero attached hydrogens (tertiary/aromatic N) is 2. The van der Waals surface area contributed by atoms with Crippen LogP contribution in [0.5, 0.6) is 5.75 Å². The summed E-state index contributed by atoms with van der Waals surface area (Å²) in [5.41, 5.74) is 2.77. The number of rotatable bonds is 3. The molecule has 0 spiro atoms. The molecule has 5 heteroatoms. The van der Waals surface area contributed by atoms with Crippen LogP contribution in [0.4, 0.5) is 10.8 Å². The van der Waals surface area contributed by atoms with Crippen LogP contribution < -0.4 is 9.64 Å². The molecule has 120 valence electrons. The van der Waals surface area contributed by atoms with E-state index in [1.54, 1.807) is 4.90 Å². The number of ether oxygens (including phenoxy) is 1. The summed E-state index contributed by atoms with van der Waals surface area (Å²) in [6, 6.07) is 17.4. The number of thiazole rings is 1. The van der Waals surface area contributed by atoms with E-state index in [1.807, 2.05) is 66.9 Å². The van der Waals surface area contributed by atoms with Gasteiger partial charge in [-0.05, 0) is 30.7 Å². The maximum absolute atomic E-state index is 13.2. The first-order valence-corrected chi connectivity index (χ1v) is 8.66. The molecule has 1 aliphatic heterocycles. The van der Waals surface area contributed by atoms with Crippen molar-refractivity contribution >= 4 is 28.1 Å². The molecule has 4 rings (SSSR count). The third-order valence-corrected chi connectivity index (χ3v) is 4.90. The quantitative estimate of drug-likeness (QED) is 0.722. The Kier molecular flexibility index (Phi) is 3.78. The third kappa shape index (κ3) is 2.67. The minimum absolute atomic E-state index is 0.0910. The number of aryl methyl sites for hydroxylation is 1. The Morgan fingerprint density at radius 1 is 1.17 bits per heavy atom. The van der Waals surface area contributed by atoms with E-state index in [-0.39, 0.29) is 5.91 Å². The van der Waals surface area contributed by atoms with Crippen LogP contribution in [0.1, 0.15) is 11.3 Å². The lowest BCUT2D eigenvalue weighted by Crippen LogP contribution is -2.38. The Bertz CT molecular complexity index is 851. The Hall–Kier alpha value is -2.66. The van der Waals surface area contributed by atoms with Crippen molar-refractivity contribution in [3.05, 3.63) is 71.2 Å². The highest BCUT2D eigenvalue weighted by Crippen LogP contribution is 2.34. The van der Waals surface area contributed by atoms with Crippen molar-refractivity contribution in [2.75, 3.05) is 4.90 Å². The van der Waals surface area contributed by atoms with Gasteiger partial charge in [-0.25, -0.2) is 4.98 Å². The molecule has 0 unspecified atom stereocenters. The lowest BCUT2D eigenvalue weighted by molar-refractivity contribution is -0.123. The highest BCUT2D eigenvalue weighted by Gasteiger charge is 2.34. The number of amides is 1. The lowest BCUT2D eigenvalue weighted by atomic mass is 10.1. The number of carbonyl (C=O) groups is 1. The number of hydrogen-bond acceptors (Lipinski definition) is 4. The van der Waals surface area contributed by atoms with Gasteiger partial charge in [0, 0.05) is 11.8 Å². The molecule has 0 saturated carbocycles. The van der Waals surface area contributed by atoms with E-state index in [0.29, 0.717) is 11.6 Å². The van der Waals surface area contributed by atoms with Gasteiger partial charge in [0.15, 0.2) is 11.2 Å². The van der Waals surface area contributed by atoms with Gasteiger partial charge in [0.1, 0.15) is 5.75 Å². The van der Waals surface area contributed by atoms with Crippen LogP contribution in [-0.2, 0) is 11.2 Å². The van der Waals surface area contributed by atoms with E-state index < -0.39 is 6.10 Å². The largest absolute Gasteiger partial charge is 0.480 e. The Morgan fingerprint density at radius 2 is 1.92 bits per heavy atom. The maximum atomic E-state index is 13.2. The number of benzene rings is 2. The molecule has 0 radical (unpaired) electrons. The van der Waals surface area contributed by atoms with E-state index in [2.05, 4.69) is 4.98 Å². The number of anilines is 2. The van der Waals surface area contributed by atoms with Crippen molar-refractivity contribution in [3.8, 4) is 5.75 Å². The Labute approximate surface area is 144 Å². The van der Waals surface area contributed by atoms with E-state index in [9.17, 15) is 4.79 Å². The number of carbonyl (C=O) groups excluding carboxylic acids is 1. The second-order valence-electron chi connectivity index (χ2n) is 5.70. The van der Waals surface area contributed by atoms with Gasteiger partial charge in [0.05, 0.1) is 11.4 Å². The molecule has 0 saturated heterocycles. The molecule has 1 amide bonds. The first-order valence-electron chi connectivity index (χ1n) is 7.78. The molecule has 0 N–H and O–H groups in total. The van der Waals surface area contributed by atoms with E-state index >= 15 is 0 Å². The van der Waals surface area contributed by atoms with Crippen LogP contribution >= 0.6 is 11.3 Å². The summed E-state index contributed by atoms with van der Waals surface area (Å²) in [5, 5.41) is 2.62. The molecular weight excluding hydrogens is 320 g/mol. The van der Waals surface area contributed by atoms with Gasteiger partial charge < -0.3 is 4.74 Å². The molecule has 2 aromatic carbocycles. The molecule has 0 bridgehead atoms. The summed E-state index contributed by atoms with van der Waals surface area (Å²) in [5.74, 6) is 0.700. The molecule has 4 nitrogen and oxygen atoms in total. The first kappa shape index (κ1) is 14.9. The maximum Gasteiger partial charge on any atom is 0.274 e. The first-order chi connectivity index (χ1) is 11.7. The minimum Gasteiger partial charge on any atom is -0.480 e. The van der Waals surface area contributed by atoms with Crippen molar-refractivity contribution in [1.29, 1.82) is 0 Å². The van der Waals surface area contributed by atoms with Crippen LogP contribution in [0.3, 0.4) is 0 Å². The predicted octanol–water partition coefficient (Wildman–Crippen LogP) is 4.12. The molecule has 0 fully saturated rings. The van der Waals surface area contributed by atoms with Crippen LogP contribution in [0.15, 0.2) is 60.0 Å². The van der Waals surface area contributed by atoms with E-state index in [4.69, 9.17) is 4.74 Å². The van der Waals surface area contributed by atoms with Crippen LogP contribution in [0, 0.1) is 6.92 Å². The minimum atomic E-state index is -0.521. The van der Waals surface area contributed by atoms with Crippen LogP contribution in [0.2, 0.25) is 0 Å². The van der Waals surface area contributed by atoms with Crippen molar-refractivity contribution < 1.29 is 9.53 Å². The van der Waals surface area contributed by atoms with Gasteiger partial charge in [-0.1, -0.05) is 36.4 Å². The SMILES string of the molecule is Cc1csc(N(C(=O)[C@H]2Cc3ccccc3O2)c2ccccc2)n1. The normalized spacial score (nSPS) is 15.6. The Balaban J connectivity index is 1.68. The topological polar surface area (TPSA) is 42.4 Å². The predicted molar refractivity (Wildman–Crippen MR) is 95.0 cm³/mol. The monoisotopic (exact) mass is 336 g/mol. The molecular formula is C19H16N2O2S.